The Morgan fingerprint density at radius 3 is 2.76 bits per heavy atom. The molecule has 0 bridgehead atoms. The van der Waals surface area contributed by atoms with Crippen LogP contribution in [0.4, 0.5) is 14.5 Å². The van der Waals surface area contributed by atoms with Crippen molar-refractivity contribution in [1.82, 2.24) is 4.90 Å². The number of carbonyl (C=O) groups excluding carboxylic acids is 1. The largest absolute Gasteiger partial charge is 0.586 e. The van der Waals surface area contributed by atoms with Gasteiger partial charge in [-0.15, -0.1) is 8.78 Å². The molecule has 0 unspecified atom stereocenters. The van der Waals surface area contributed by atoms with Crippen LogP contribution in [-0.2, 0) is 11.3 Å². The lowest BCUT2D eigenvalue weighted by Crippen LogP contribution is -2.34. The minimum atomic E-state index is -3.67. The van der Waals surface area contributed by atoms with Gasteiger partial charge in [-0.3, -0.25) is 9.69 Å². The molecule has 2 aromatic rings. The molecular weight excluding hydrogens is 334 g/mol. The second-order valence-corrected chi connectivity index (χ2v) is 6.09. The summed E-state index contributed by atoms with van der Waals surface area (Å²) in [5, 5.41) is 2.70. The summed E-state index contributed by atoms with van der Waals surface area (Å²) in [4.78, 5) is 14.3. The molecule has 0 saturated heterocycles. The maximum atomic E-state index is 13.0. The van der Waals surface area contributed by atoms with Crippen molar-refractivity contribution in [3.63, 3.8) is 0 Å². The van der Waals surface area contributed by atoms with Gasteiger partial charge in [0.2, 0.25) is 5.91 Å². The second-order valence-electron chi connectivity index (χ2n) is 6.09. The Morgan fingerprint density at radius 2 is 2.04 bits per heavy atom. The average Bonchev–Trinajstić information content (AvgIpc) is 3.17. The highest BCUT2D eigenvalue weighted by molar-refractivity contribution is 5.92. The van der Waals surface area contributed by atoms with Crippen molar-refractivity contribution in [1.29, 1.82) is 0 Å². The Hall–Kier alpha value is -2.61. The van der Waals surface area contributed by atoms with E-state index >= 15 is 0 Å². The van der Waals surface area contributed by atoms with Crippen LogP contribution in [-0.4, -0.2) is 29.7 Å². The molecule has 1 saturated carbocycles. The molecule has 1 aliphatic carbocycles. The van der Waals surface area contributed by atoms with Gasteiger partial charge in [0.15, 0.2) is 11.5 Å². The van der Waals surface area contributed by atoms with Crippen molar-refractivity contribution in [2.75, 3.05) is 11.9 Å². The molecule has 0 radical (unpaired) electrons. The van der Waals surface area contributed by atoms with Crippen LogP contribution in [0.2, 0.25) is 0 Å². The Morgan fingerprint density at radius 1 is 1.24 bits per heavy atom. The molecular formula is C17H16F2N2O4. The normalized spacial score (nSPS) is 17.7. The van der Waals surface area contributed by atoms with E-state index in [-0.39, 0.29) is 24.0 Å². The standard InChI is InChI=1S/C17H16F2N2O4/c18-17(19)24-14-6-3-11(8-15(14)25-17)20-16(22)10-21(12-4-5-12)9-13-2-1-7-23-13/h1-3,6-8,12H,4-5,9-10H2,(H,20,22). The third-order valence-corrected chi connectivity index (χ3v) is 4.03. The summed E-state index contributed by atoms with van der Waals surface area (Å²) in [6.07, 6.45) is 0.0276. The van der Waals surface area contributed by atoms with E-state index in [1.165, 1.54) is 18.2 Å². The summed E-state index contributed by atoms with van der Waals surface area (Å²) in [5.41, 5.74) is 0.374. The van der Waals surface area contributed by atoms with E-state index < -0.39 is 6.29 Å². The zero-order valence-electron chi connectivity index (χ0n) is 13.2. The molecule has 2 aliphatic rings. The molecule has 0 atom stereocenters. The molecule has 1 aliphatic heterocycles. The topological polar surface area (TPSA) is 63.9 Å². The predicted molar refractivity (Wildman–Crippen MR) is 83.4 cm³/mol. The monoisotopic (exact) mass is 350 g/mol. The molecule has 1 aromatic heterocycles. The van der Waals surface area contributed by atoms with E-state index in [1.807, 2.05) is 17.0 Å². The maximum Gasteiger partial charge on any atom is 0.586 e. The molecule has 1 N–H and O–H groups in total. The fourth-order valence-corrected chi connectivity index (χ4v) is 2.77. The number of furan rings is 1. The first-order valence-electron chi connectivity index (χ1n) is 7.95. The maximum absolute atomic E-state index is 13.0. The summed E-state index contributed by atoms with van der Waals surface area (Å²) in [5.74, 6) is 0.409. The first kappa shape index (κ1) is 15.9. The van der Waals surface area contributed by atoms with Crippen molar-refractivity contribution >= 4 is 11.6 Å². The van der Waals surface area contributed by atoms with Crippen LogP contribution in [0.25, 0.3) is 0 Å². The fraction of sp³-hybridized carbons (Fsp3) is 0.353. The number of nitrogens with one attached hydrogen (secondary N) is 1. The minimum Gasteiger partial charge on any atom is -0.468 e. The lowest BCUT2D eigenvalue weighted by molar-refractivity contribution is -0.286. The van der Waals surface area contributed by atoms with Gasteiger partial charge in [-0.1, -0.05) is 0 Å². The molecule has 6 nitrogen and oxygen atoms in total. The number of halogens is 2. The average molecular weight is 350 g/mol. The van der Waals surface area contributed by atoms with E-state index in [4.69, 9.17) is 4.42 Å². The fourth-order valence-electron chi connectivity index (χ4n) is 2.77. The summed E-state index contributed by atoms with van der Waals surface area (Å²) >= 11 is 0. The molecule has 4 rings (SSSR count). The van der Waals surface area contributed by atoms with Gasteiger partial charge >= 0.3 is 6.29 Å². The van der Waals surface area contributed by atoms with E-state index in [9.17, 15) is 13.6 Å². The van der Waals surface area contributed by atoms with Gasteiger partial charge in [0, 0.05) is 17.8 Å². The highest BCUT2D eigenvalue weighted by Gasteiger charge is 2.43. The van der Waals surface area contributed by atoms with E-state index in [2.05, 4.69) is 14.8 Å². The number of rotatable bonds is 6. The molecule has 2 heterocycles. The van der Waals surface area contributed by atoms with Crippen LogP contribution < -0.4 is 14.8 Å². The number of nitrogens with zero attached hydrogens (tertiary/aromatic N) is 1. The number of fused-ring (bicyclic) bond motifs is 1. The SMILES string of the molecule is O=C(CN(Cc1ccco1)C1CC1)Nc1ccc2c(c1)OC(F)(F)O2. The summed E-state index contributed by atoms with van der Waals surface area (Å²) in [6, 6.07) is 8.20. The van der Waals surface area contributed by atoms with Crippen molar-refractivity contribution in [2.24, 2.45) is 0 Å². The Bertz CT molecular complexity index is 775. The van der Waals surface area contributed by atoms with Crippen LogP contribution in [0, 0.1) is 0 Å². The van der Waals surface area contributed by atoms with Crippen LogP contribution in [0.1, 0.15) is 18.6 Å². The van der Waals surface area contributed by atoms with E-state index in [0.29, 0.717) is 18.3 Å². The molecule has 1 fully saturated rings. The third kappa shape index (κ3) is 3.74. The lowest BCUT2D eigenvalue weighted by Gasteiger charge is -2.20. The number of amides is 1. The highest BCUT2D eigenvalue weighted by Crippen LogP contribution is 2.42. The van der Waals surface area contributed by atoms with E-state index in [0.717, 1.165) is 18.6 Å². The summed E-state index contributed by atoms with van der Waals surface area (Å²) in [7, 11) is 0. The van der Waals surface area contributed by atoms with Gasteiger partial charge in [-0.2, -0.15) is 0 Å². The third-order valence-electron chi connectivity index (χ3n) is 4.03. The van der Waals surface area contributed by atoms with Crippen molar-refractivity contribution in [3.05, 3.63) is 42.4 Å². The number of benzene rings is 1. The zero-order valence-corrected chi connectivity index (χ0v) is 13.2. The zero-order chi connectivity index (χ0) is 17.4. The number of alkyl halides is 2. The highest BCUT2D eigenvalue weighted by atomic mass is 19.3. The van der Waals surface area contributed by atoms with Crippen molar-refractivity contribution in [3.8, 4) is 11.5 Å². The van der Waals surface area contributed by atoms with Crippen LogP contribution in [0.3, 0.4) is 0 Å². The van der Waals surface area contributed by atoms with Crippen LogP contribution in [0.15, 0.2) is 41.0 Å². The van der Waals surface area contributed by atoms with Crippen LogP contribution in [0.5, 0.6) is 11.5 Å². The summed E-state index contributed by atoms with van der Waals surface area (Å²) in [6.45, 7) is 0.744. The summed E-state index contributed by atoms with van der Waals surface area (Å²) < 4.78 is 40.1. The molecule has 1 amide bonds. The second kappa shape index (κ2) is 6.03. The van der Waals surface area contributed by atoms with Gasteiger partial charge in [0.05, 0.1) is 19.4 Å². The predicted octanol–water partition coefficient (Wildman–Crippen LogP) is 3.20. The van der Waals surface area contributed by atoms with Crippen LogP contribution >= 0.6 is 0 Å². The smallest absolute Gasteiger partial charge is 0.468 e. The Labute approximate surface area is 142 Å². The Balaban J connectivity index is 1.38. The van der Waals surface area contributed by atoms with E-state index in [1.54, 1.807) is 6.26 Å². The lowest BCUT2D eigenvalue weighted by atomic mass is 10.2. The number of anilines is 1. The molecule has 0 spiro atoms. The number of hydrogen-bond donors (Lipinski definition) is 1. The first-order chi connectivity index (χ1) is 12.0. The molecule has 1 aromatic carbocycles. The number of hydrogen-bond acceptors (Lipinski definition) is 5. The van der Waals surface area contributed by atoms with Gasteiger partial charge in [0.1, 0.15) is 5.76 Å². The number of carbonyl (C=O) groups is 1. The quantitative estimate of drug-likeness (QED) is 0.867. The molecule has 25 heavy (non-hydrogen) atoms. The van der Waals surface area contributed by atoms with Gasteiger partial charge in [-0.25, -0.2) is 0 Å². The van der Waals surface area contributed by atoms with Gasteiger partial charge in [0.25, 0.3) is 0 Å². The molecule has 132 valence electrons. The minimum absolute atomic E-state index is 0.0552. The van der Waals surface area contributed by atoms with Crippen molar-refractivity contribution in [2.45, 2.75) is 31.7 Å². The molecule has 8 heteroatoms. The Kier molecular flexibility index (Phi) is 3.84. The van der Waals surface area contributed by atoms with Crippen molar-refractivity contribution < 1.29 is 27.5 Å². The van der Waals surface area contributed by atoms with Gasteiger partial charge < -0.3 is 19.2 Å². The van der Waals surface area contributed by atoms with Gasteiger partial charge in [-0.05, 0) is 37.1 Å². The first-order valence-corrected chi connectivity index (χ1v) is 7.95. The number of ether oxygens (including phenoxy) is 2.